The number of carbonyl (C=O) groups is 2. The summed E-state index contributed by atoms with van der Waals surface area (Å²) in [5, 5.41) is 11.7. The Kier molecular flexibility index (Phi) is 5.35. The van der Waals surface area contributed by atoms with E-state index in [1.54, 1.807) is 24.3 Å². The number of benzene rings is 3. The Hall–Kier alpha value is -3.35. The molecule has 1 saturated heterocycles. The van der Waals surface area contributed by atoms with Gasteiger partial charge in [-0.2, -0.15) is 0 Å². The maximum Gasteiger partial charge on any atom is 0.300 e. The summed E-state index contributed by atoms with van der Waals surface area (Å²) in [5.74, 6) is -1.76. The molecule has 5 nitrogen and oxygen atoms in total. The third-order valence-corrected chi connectivity index (χ3v) is 6.51. The van der Waals surface area contributed by atoms with Gasteiger partial charge in [-0.1, -0.05) is 35.3 Å². The lowest BCUT2D eigenvalue weighted by Crippen LogP contribution is -2.29. The van der Waals surface area contributed by atoms with Gasteiger partial charge in [0.15, 0.2) is 0 Å². The van der Waals surface area contributed by atoms with Crippen LogP contribution in [0.15, 0.2) is 66.2 Å². The van der Waals surface area contributed by atoms with Crippen molar-refractivity contribution in [3.05, 3.63) is 98.8 Å². The molecule has 2 heterocycles. The highest BCUT2D eigenvalue weighted by molar-refractivity contribution is 6.52. The summed E-state index contributed by atoms with van der Waals surface area (Å²) in [7, 11) is 0. The number of Topliss-reactive ketones (excluding diaryl/α,β-unsaturated/α-hetero) is 1. The van der Waals surface area contributed by atoms with Crippen molar-refractivity contribution >= 4 is 46.3 Å². The number of hydrogen-bond donors (Lipinski definition) is 1. The largest absolute Gasteiger partial charge is 0.507 e. The van der Waals surface area contributed by atoms with Crippen LogP contribution in [0.3, 0.4) is 0 Å². The van der Waals surface area contributed by atoms with E-state index in [9.17, 15) is 19.1 Å². The van der Waals surface area contributed by atoms with E-state index in [-0.39, 0.29) is 21.4 Å². The van der Waals surface area contributed by atoms with Crippen molar-refractivity contribution in [2.24, 2.45) is 0 Å². The van der Waals surface area contributed by atoms with Crippen molar-refractivity contribution in [3.63, 3.8) is 0 Å². The van der Waals surface area contributed by atoms with Crippen LogP contribution in [0.5, 0.6) is 5.75 Å². The minimum Gasteiger partial charge on any atom is -0.507 e. The summed E-state index contributed by atoms with van der Waals surface area (Å²) in [6.45, 7) is 0.539. The summed E-state index contributed by atoms with van der Waals surface area (Å²) in [6, 6.07) is 14.1. The van der Waals surface area contributed by atoms with Crippen molar-refractivity contribution in [2.75, 3.05) is 11.5 Å². The fraction of sp³-hybridized carbons (Fsp3) is 0.120. The molecule has 0 spiro atoms. The monoisotopic (exact) mass is 483 g/mol. The second-order valence-corrected chi connectivity index (χ2v) is 8.55. The molecular weight excluding hydrogens is 468 g/mol. The summed E-state index contributed by atoms with van der Waals surface area (Å²) < 4.78 is 19.1. The zero-order valence-electron chi connectivity index (χ0n) is 17.0. The van der Waals surface area contributed by atoms with Gasteiger partial charge >= 0.3 is 0 Å². The van der Waals surface area contributed by atoms with Gasteiger partial charge in [0.2, 0.25) is 0 Å². The van der Waals surface area contributed by atoms with Crippen LogP contribution in [0.1, 0.15) is 22.7 Å². The Labute approximate surface area is 198 Å². The normalized spacial score (nSPS) is 19.0. The average molecular weight is 484 g/mol. The van der Waals surface area contributed by atoms with Crippen LogP contribution in [0.2, 0.25) is 10.0 Å². The van der Waals surface area contributed by atoms with Gasteiger partial charge in [-0.05, 0) is 59.7 Å². The predicted molar refractivity (Wildman–Crippen MR) is 123 cm³/mol. The molecule has 3 aromatic carbocycles. The van der Waals surface area contributed by atoms with E-state index in [1.807, 2.05) is 0 Å². The number of fused-ring (bicyclic) bond motifs is 1. The molecule has 0 aromatic heterocycles. The van der Waals surface area contributed by atoms with E-state index in [2.05, 4.69) is 0 Å². The second kappa shape index (κ2) is 8.21. The Morgan fingerprint density at radius 2 is 1.76 bits per heavy atom. The number of nitrogens with zero attached hydrogens (tertiary/aromatic N) is 1. The highest BCUT2D eigenvalue weighted by atomic mass is 35.5. The third-order valence-electron chi connectivity index (χ3n) is 5.77. The lowest BCUT2D eigenvalue weighted by Gasteiger charge is -2.25. The van der Waals surface area contributed by atoms with Gasteiger partial charge in [-0.15, -0.1) is 0 Å². The van der Waals surface area contributed by atoms with Crippen LogP contribution in [0.4, 0.5) is 10.1 Å². The summed E-state index contributed by atoms with van der Waals surface area (Å²) in [5.41, 5.74) is 1.96. The number of ether oxygens (including phenoxy) is 1. The number of aliphatic hydroxyl groups is 1. The van der Waals surface area contributed by atoms with E-state index in [4.69, 9.17) is 27.9 Å². The van der Waals surface area contributed by atoms with Crippen molar-refractivity contribution in [1.82, 2.24) is 0 Å². The third kappa shape index (κ3) is 3.65. The van der Waals surface area contributed by atoms with Crippen LogP contribution in [-0.2, 0) is 16.0 Å². The maximum absolute atomic E-state index is 13.6. The van der Waals surface area contributed by atoms with Gasteiger partial charge < -0.3 is 9.84 Å². The smallest absolute Gasteiger partial charge is 0.300 e. The van der Waals surface area contributed by atoms with E-state index in [0.29, 0.717) is 29.8 Å². The molecule has 2 aliphatic rings. The van der Waals surface area contributed by atoms with E-state index < -0.39 is 23.5 Å². The molecule has 1 atom stereocenters. The number of carbonyl (C=O) groups excluding carboxylic acids is 2. The first-order valence-electron chi connectivity index (χ1n) is 10.1. The van der Waals surface area contributed by atoms with Crippen molar-refractivity contribution < 1.29 is 23.8 Å². The Morgan fingerprint density at radius 3 is 2.48 bits per heavy atom. The molecule has 0 radical (unpaired) electrons. The number of hydrogen-bond acceptors (Lipinski definition) is 4. The van der Waals surface area contributed by atoms with Crippen LogP contribution in [0, 0.1) is 5.82 Å². The molecule has 0 aliphatic carbocycles. The van der Waals surface area contributed by atoms with Gasteiger partial charge in [0.25, 0.3) is 11.7 Å². The van der Waals surface area contributed by atoms with Crippen LogP contribution in [-0.4, -0.2) is 23.4 Å². The molecule has 2 aliphatic heterocycles. The Bertz CT molecular complexity index is 1340. The molecular formula is C25H16Cl2FNO4. The zero-order chi connectivity index (χ0) is 23.3. The van der Waals surface area contributed by atoms with Crippen LogP contribution < -0.4 is 9.64 Å². The highest BCUT2D eigenvalue weighted by Crippen LogP contribution is 2.43. The van der Waals surface area contributed by atoms with Gasteiger partial charge in [0.1, 0.15) is 17.3 Å². The predicted octanol–water partition coefficient (Wildman–Crippen LogP) is 5.69. The van der Waals surface area contributed by atoms with Gasteiger partial charge in [0.05, 0.1) is 28.3 Å². The number of rotatable bonds is 3. The SMILES string of the molecule is O=C1C(=O)N(c2ccc(Cl)c(Cl)c2)C(c2ccc(F)cc2)/C1=C(/O)c1ccc2c(c1)CCO2. The highest BCUT2D eigenvalue weighted by Gasteiger charge is 2.47. The molecule has 3 aromatic rings. The molecule has 1 N–H and O–H groups in total. The standard InChI is InChI=1S/C25H16Cl2FNO4/c26-18-7-6-17(12-19(18)27)29-22(13-1-4-16(28)5-2-13)21(24(31)25(29)32)23(30)15-3-8-20-14(11-15)9-10-33-20/h1-8,11-12,22,30H,9-10H2/b23-21-. The number of halogens is 3. The maximum atomic E-state index is 13.6. The molecule has 166 valence electrons. The van der Waals surface area contributed by atoms with E-state index in [0.717, 1.165) is 11.3 Å². The van der Waals surface area contributed by atoms with Gasteiger partial charge in [0, 0.05) is 17.7 Å². The molecule has 1 fully saturated rings. The van der Waals surface area contributed by atoms with E-state index in [1.165, 1.54) is 41.3 Å². The lowest BCUT2D eigenvalue weighted by molar-refractivity contribution is -0.132. The van der Waals surface area contributed by atoms with Crippen LogP contribution in [0.25, 0.3) is 5.76 Å². The molecule has 0 bridgehead atoms. The van der Waals surface area contributed by atoms with Gasteiger partial charge in [-0.3, -0.25) is 14.5 Å². The van der Waals surface area contributed by atoms with E-state index >= 15 is 0 Å². The first kappa shape index (κ1) is 21.5. The minimum absolute atomic E-state index is 0.100. The Morgan fingerprint density at radius 1 is 1.00 bits per heavy atom. The molecule has 1 amide bonds. The molecule has 33 heavy (non-hydrogen) atoms. The summed E-state index contributed by atoms with van der Waals surface area (Å²) in [6.07, 6.45) is 0.676. The summed E-state index contributed by atoms with van der Waals surface area (Å²) >= 11 is 12.2. The molecule has 1 unspecified atom stereocenters. The van der Waals surface area contributed by atoms with Crippen molar-refractivity contribution in [3.8, 4) is 5.75 Å². The summed E-state index contributed by atoms with van der Waals surface area (Å²) in [4.78, 5) is 27.6. The average Bonchev–Trinajstić information content (AvgIpc) is 3.38. The van der Waals surface area contributed by atoms with Crippen molar-refractivity contribution in [2.45, 2.75) is 12.5 Å². The fourth-order valence-corrected chi connectivity index (χ4v) is 4.48. The number of amides is 1. The fourth-order valence-electron chi connectivity index (χ4n) is 4.18. The molecule has 5 rings (SSSR count). The molecule has 8 heteroatoms. The van der Waals surface area contributed by atoms with Gasteiger partial charge in [-0.25, -0.2) is 4.39 Å². The second-order valence-electron chi connectivity index (χ2n) is 7.74. The molecule has 0 saturated carbocycles. The minimum atomic E-state index is -0.993. The zero-order valence-corrected chi connectivity index (χ0v) is 18.5. The first-order valence-corrected chi connectivity index (χ1v) is 10.9. The lowest BCUT2D eigenvalue weighted by atomic mass is 9.94. The number of aliphatic hydroxyl groups excluding tert-OH is 1. The topological polar surface area (TPSA) is 66.8 Å². The number of ketones is 1. The quantitative estimate of drug-likeness (QED) is 0.295. The number of anilines is 1. The Balaban J connectivity index is 1.71. The van der Waals surface area contributed by atoms with Crippen molar-refractivity contribution in [1.29, 1.82) is 0 Å². The van der Waals surface area contributed by atoms with Crippen LogP contribution >= 0.6 is 23.2 Å². The first-order chi connectivity index (χ1) is 15.8.